The highest BCUT2D eigenvalue weighted by atomic mass is 35.5. The minimum Gasteiger partial charge on any atom is -0.355 e. The maximum absolute atomic E-state index is 12.0. The Balaban J connectivity index is 0. The van der Waals surface area contributed by atoms with E-state index in [9.17, 15) is 9.59 Å². The van der Waals surface area contributed by atoms with Gasteiger partial charge in [0, 0.05) is 13.1 Å². The maximum Gasteiger partial charge on any atom is 0.240 e. The number of amides is 2. The van der Waals surface area contributed by atoms with Crippen LogP contribution < -0.4 is 11.1 Å². The number of nitrogens with one attached hydrogen (secondary N) is 1. The summed E-state index contributed by atoms with van der Waals surface area (Å²) >= 11 is 0. The van der Waals surface area contributed by atoms with Crippen LogP contribution in [0.15, 0.2) is 0 Å². The van der Waals surface area contributed by atoms with Crippen LogP contribution in [0, 0.1) is 5.92 Å². The van der Waals surface area contributed by atoms with E-state index in [1.54, 1.807) is 0 Å². The molecule has 2 atom stereocenters. The van der Waals surface area contributed by atoms with Gasteiger partial charge in [-0.25, -0.2) is 0 Å². The Morgan fingerprint density at radius 2 is 1.83 bits per heavy atom. The first-order valence-corrected chi connectivity index (χ1v) is 6.28. The molecule has 0 bridgehead atoms. The molecule has 0 saturated carbocycles. The Morgan fingerprint density at radius 1 is 1.28 bits per heavy atom. The van der Waals surface area contributed by atoms with Crippen molar-refractivity contribution in [1.29, 1.82) is 0 Å². The number of hydrogen-bond acceptors (Lipinski definition) is 3. The van der Waals surface area contributed by atoms with Crippen molar-refractivity contribution in [3.8, 4) is 0 Å². The fourth-order valence-electron chi connectivity index (χ4n) is 1.48. The average molecular weight is 280 g/mol. The number of hydrogen-bond donors (Lipinski definition) is 2. The second kappa shape index (κ2) is 10.1. The zero-order valence-corrected chi connectivity index (χ0v) is 12.5. The highest BCUT2D eigenvalue weighted by molar-refractivity contribution is 5.87. The van der Waals surface area contributed by atoms with Gasteiger partial charge in [-0.15, -0.1) is 12.4 Å². The standard InChI is InChI=1S/C12H25N3O2.ClH/c1-5-9(4)11(13)12(17)15(7-3)8-10(16)14-6-2;/h9,11H,5-8,13H2,1-4H3,(H,14,16);1H. The molecule has 18 heavy (non-hydrogen) atoms. The Kier molecular flexibility index (Phi) is 11.0. The highest BCUT2D eigenvalue weighted by Gasteiger charge is 2.25. The molecule has 0 fully saturated rings. The molecule has 0 rings (SSSR count). The predicted molar refractivity (Wildman–Crippen MR) is 75.6 cm³/mol. The Morgan fingerprint density at radius 3 is 2.22 bits per heavy atom. The van der Waals surface area contributed by atoms with Crippen LogP contribution in [0.5, 0.6) is 0 Å². The van der Waals surface area contributed by atoms with Crippen molar-refractivity contribution in [3.63, 3.8) is 0 Å². The third-order valence-electron chi connectivity index (χ3n) is 2.94. The number of carbonyl (C=O) groups is 2. The van der Waals surface area contributed by atoms with Gasteiger partial charge in [-0.2, -0.15) is 0 Å². The maximum atomic E-state index is 12.0. The van der Waals surface area contributed by atoms with Crippen LogP contribution in [-0.4, -0.2) is 42.4 Å². The lowest BCUT2D eigenvalue weighted by molar-refractivity contribution is -0.137. The van der Waals surface area contributed by atoms with E-state index in [-0.39, 0.29) is 36.7 Å². The molecule has 3 N–H and O–H groups in total. The fraction of sp³-hybridized carbons (Fsp3) is 0.833. The van der Waals surface area contributed by atoms with Crippen molar-refractivity contribution in [2.24, 2.45) is 11.7 Å². The molecule has 0 aromatic carbocycles. The van der Waals surface area contributed by atoms with Crippen LogP contribution >= 0.6 is 12.4 Å². The first kappa shape index (κ1) is 19.5. The summed E-state index contributed by atoms with van der Waals surface area (Å²) < 4.78 is 0. The number of carbonyl (C=O) groups excluding carboxylic acids is 2. The van der Waals surface area contributed by atoms with E-state index in [0.29, 0.717) is 13.1 Å². The summed E-state index contributed by atoms with van der Waals surface area (Å²) in [6, 6.07) is -0.519. The summed E-state index contributed by atoms with van der Waals surface area (Å²) in [4.78, 5) is 25.0. The fourth-order valence-corrected chi connectivity index (χ4v) is 1.48. The summed E-state index contributed by atoms with van der Waals surface area (Å²) in [6.07, 6.45) is 0.853. The first-order valence-electron chi connectivity index (χ1n) is 6.28. The molecule has 0 aliphatic rings. The van der Waals surface area contributed by atoms with E-state index < -0.39 is 6.04 Å². The van der Waals surface area contributed by atoms with Crippen molar-refractivity contribution in [2.75, 3.05) is 19.6 Å². The minimum absolute atomic E-state index is 0. The zero-order valence-electron chi connectivity index (χ0n) is 11.7. The van der Waals surface area contributed by atoms with Gasteiger partial charge in [0.05, 0.1) is 12.6 Å². The van der Waals surface area contributed by atoms with Gasteiger partial charge in [-0.3, -0.25) is 9.59 Å². The van der Waals surface area contributed by atoms with Crippen molar-refractivity contribution >= 4 is 24.2 Å². The number of nitrogens with two attached hydrogens (primary N) is 1. The normalized spacial score (nSPS) is 13.2. The molecule has 6 heteroatoms. The summed E-state index contributed by atoms with van der Waals surface area (Å²) in [5.74, 6) is -0.155. The van der Waals surface area contributed by atoms with Crippen LogP contribution in [-0.2, 0) is 9.59 Å². The molecule has 2 unspecified atom stereocenters. The topological polar surface area (TPSA) is 75.4 Å². The molecule has 0 spiro atoms. The van der Waals surface area contributed by atoms with E-state index in [1.165, 1.54) is 4.90 Å². The molecule has 0 aromatic heterocycles. The van der Waals surface area contributed by atoms with Crippen LogP contribution in [0.1, 0.15) is 34.1 Å². The van der Waals surface area contributed by atoms with Gasteiger partial charge in [0.25, 0.3) is 0 Å². The van der Waals surface area contributed by atoms with Crippen molar-refractivity contribution in [2.45, 2.75) is 40.2 Å². The minimum atomic E-state index is -0.519. The summed E-state index contributed by atoms with van der Waals surface area (Å²) in [6.45, 7) is 8.80. The van der Waals surface area contributed by atoms with Crippen molar-refractivity contribution < 1.29 is 9.59 Å². The molecule has 0 radical (unpaired) electrons. The molecule has 0 aliphatic carbocycles. The lowest BCUT2D eigenvalue weighted by Gasteiger charge is -2.26. The summed E-state index contributed by atoms with van der Waals surface area (Å²) in [5, 5.41) is 2.67. The SMILES string of the molecule is CCNC(=O)CN(CC)C(=O)C(N)C(C)CC.Cl. The van der Waals surface area contributed by atoms with Crippen LogP contribution in [0.25, 0.3) is 0 Å². The van der Waals surface area contributed by atoms with Gasteiger partial charge in [-0.05, 0) is 19.8 Å². The van der Waals surface area contributed by atoms with Crippen LogP contribution in [0.2, 0.25) is 0 Å². The number of likely N-dealkylation sites (N-methyl/N-ethyl adjacent to an activating group) is 2. The monoisotopic (exact) mass is 279 g/mol. The average Bonchev–Trinajstić information content (AvgIpc) is 2.33. The summed E-state index contributed by atoms with van der Waals surface area (Å²) in [5.41, 5.74) is 5.87. The first-order chi connectivity index (χ1) is 7.97. The lowest BCUT2D eigenvalue weighted by Crippen LogP contribution is -2.50. The molecule has 5 nitrogen and oxygen atoms in total. The quantitative estimate of drug-likeness (QED) is 0.723. The molecular weight excluding hydrogens is 254 g/mol. The van der Waals surface area contributed by atoms with E-state index in [4.69, 9.17) is 5.73 Å². The number of rotatable bonds is 7. The molecule has 0 aromatic rings. The third kappa shape index (κ3) is 6.21. The molecule has 0 aliphatic heterocycles. The van der Waals surface area contributed by atoms with E-state index >= 15 is 0 Å². The van der Waals surface area contributed by atoms with Gasteiger partial charge in [0.1, 0.15) is 0 Å². The smallest absolute Gasteiger partial charge is 0.240 e. The molecule has 108 valence electrons. The van der Waals surface area contributed by atoms with E-state index in [0.717, 1.165) is 6.42 Å². The molecular formula is C12H26ClN3O2. The van der Waals surface area contributed by atoms with Crippen LogP contribution in [0.3, 0.4) is 0 Å². The Bertz CT molecular complexity index is 262. The predicted octanol–water partition coefficient (Wildman–Crippen LogP) is 0.766. The lowest BCUT2D eigenvalue weighted by atomic mass is 9.99. The Hall–Kier alpha value is -0.810. The van der Waals surface area contributed by atoms with Gasteiger partial charge >= 0.3 is 0 Å². The summed E-state index contributed by atoms with van der Waals surface area (Å²) in [7, 11) is 0. The largest absolute Gasteiger partial charge is 0.355 e. The van der Waals surface area contributed by atoms with Crippen molar-refractivity contribution in [1.82, 2.24) is 10.2 Å². The second-order valence-electron chi connectivity index (χ2n) is 4.22. The molecule has 0 heterocycles. The van der Waals surface area contributed by atoms with E-state index in [2.05, 4.69) is 5.32 Å². The van der Waals surface area contributed by atoms with Crippen LogP contribution in [0.4, 0.5) is 0 Å². The van der Waals surface area contributed by atoms with Gasteiger partial charge < -0.3 is 16.0 Å². The van der Waals surface area contributed by atoms with Gasteiger partial charge in [0.15, 0.2) is 0 Å². The zero-order chi connectivity index (χ0) is 13.4. The van der Waals surface area contributed by atoms with E-state index in [1.807, 2.05) is 27.7 Å². The Labute approximate surface area is 116 Å². The molecule has 2 amide bonds. The van der Waals surface area contributed by atoms with Gasteiger partial charge in [-0.1, -0.05) is 20.3 Å². The van der Waals surface area contributed by atoms with Gasteiger partial charge in [0.2, 0.25) is 11.8 Å². The van der Waals surface area contributed by atoms with Crippen molar-refractivity contribution in [3.05, 3.63) is 0 Å². The number of nitrogens with zero attached hydrogens (tertiary/aromatic N) is 1. The highest BCUT2D eigenvalue weighted by Crippen LogP contribution is 2.08. The number of halogens is 1. The molecule has 0 saturated heterocycles. The second-order valence-corrected chi connectivity index (χ2v) is 4.22. The third-order valence-corrected chi connectivity index (χ3v) is 2.94.